The van der Waals surface area contributed by atoms with Crippen LogP contribution in [0, 0.1) is 0 Å². The van der Waals surface area contributed by atoms with Crippen molar-refractivity contribution in [1.29, 1.82) is 0 Å². The Labute approximate surface area is 148 Å². The average molecular weight is 363 g/mol. The Morgan fingerprint density at radius 2 is 1.88 bits per heavy atom. The molecule has 2 fully saturated rings. The van der Waals surface area contributed by atoms with Gasteiger partial charge >= 0.3 is 0 Å². The zero-order valence-electron chi connectivity index (χ0n) is 14.6. The fourth-order valence-electron chi connectivity index (χ4n) is 4.11. The van der Waals surface area contributed by atoms with Crippen LogP contribution in [0.25, 0.3) is 11.0 Å². The standard InChI is InChI=1S/C17H25N5O2S/c1-11-16(12(2)21-20-11)25(23,24)22-9-5-6-13(10-22)17-18-14-7-3-4-8-15(14)19-17/h3-4,7-8,11-13,16,20-21H,5-6,9-10H2,1-2H3,(H,18,19). The van der Waals surface area contributed by atoms with Crippen LogP contribution in [0.5, 0.6) is 0 Å². The van der Waals surface area contributed by atoms with Gasteiger partial charge in [-0.2, -0.15) is 0 Å². The lowest BCUT2D eigenvalue weighted by Crippen LogP contribution is -2.49. The maximum absolute atomic E-state index is 13.2. The molecule has 0 bridgehead atoms. The third-order valence-electron chi connectivity index (χ3n) is 5.41. The van der Waals surface area contributed by atoms with Gasteiger partial charge in [-0.15, -0.1) is 0 Å². The van der Waals surface area contributed by atoms with E-state index in [-0.39, 0.29) is 18.0 Å². The Balaban J connectivity index is 1.58. The summed E-state index contributed by atoms with van der Waals surface area (Å²) in [6, 6.07) is 7.71. The molecule has 136 valence electrons. The Morgan fingerprint density at radius 3 is 2.60 bits per heavy atom. The number of imidazole rings is 1. The molecule has 3 atom stereocenters. The normalized spacial score (nSPS) is 31.6. The molecule has 4 rings (SSSR count). The van der Waals surface area contributed by atoms with Crippen LogP contribution in [0.3, 0.4) is 0 Å². The van der Waals surface area contributed by atoms with E-state index in [9.17, 15) is 8.42 Å². The summed E-state index contributed by atoms with van der Waals surface area (Å²) in [5.41, 5.74) is 8.04. The van der Waals surface area contributed by atoms with Gasteiger partial charge in [0.15, 0.2) is 0 Å². The monoisotopic (exact) mass is 363 g/mol. The van der Waals surface area contributed by atoms with Gasteiger partial charge in [-0.05, 0) is 38.8 Å². The van der Waals surface area contributed by atoms with Gasteiger partial charge in [0.05, 0.1) is 11.0 Å². The smallest absolute Gasteiger partial charge is 0.220 e. The molecule has 1 aromatic heterocycles. The van der Waals surface area contributed by atoms with Gasteiger partial charge in [-0.25, -0.2) is 17.7 Å². The van der Waals surface area contributed by atoms with Crippen LogP contribution in [-0.2, 0) is 10.0 Å². The molecule has 2 aromatic rings. The van der Waals surface area contributed by atoms with Crippen molar-refractivity contribution in [1.82, 2.24) is 25.1 Å². The Hall–Kier alpha value is -1.48. The number of H-pyrrole nitrogens is 1. The third kappa shape index (κ3) is 2.97. The van der Waals surface area contributed by atoms with Crippen molar-refractivity contribution in [3.63, 3.8) is 0 Å². The van der Waals surface area contributed by atoms with Gasteiger partial charge < -0.3 is 4.98 Å². The van der Waals surface area contributed by atoms with Crippen molar-refractivity contribution >= 4 is 21.1 Å². The fraction of sp³-hybridized carbons (Fsp3) is 0.588. The average Bonchev–Trinajstić information content (AvgIpc) is 3.18. The Bertz CT molecular complexity index is 822. The van der Waals surface area contributed by atoms with Crippen LogP contribution in [-0.4, -0.2) is 53.1 Å². The number of piperidine rings is 1. The van der Waals surface area contributed by atoms with E-state index in [4.69, 9.17) is 0 Å². The van der Waals surface area contributed by atoms with E-state index in [0.29, 0.717) is 13.1 Å². The molecular formula is C17H25N5O2S. The third-order valence-corrected chi connectivity index (χ3v) is 7.96. The summed E-state index contributed by atoms with van der Waals surface area (Å²) >= 11 is 0. The molecular weight excluding hydrogens is 338 g/mol. The van der Waals surface area contributed by atoms with E-state index < -0.39 is 15.3 Å². The number of nitrogens with one attached hydrogen (secondary N) is 3. The number of sulfonamides is 1. The maximum Gasteiger partial charge on any atom is 0.220 e. The molecule has 8 heteroatoms. The lowest BCUT2D eigenvalue weighted by molar-refractivity contribution is 0.305. The summed E-state index contributed by atoms with van der Waals surface area (Å²) in [5.74, 6) is 1.01. The number of benzene rings is 1. The lowest BCUT2D eigenvalue weighted by atomic mass is 9.99. The molecule has 7 nitrogen and oxygen atoms in total. The van der Waals surface area contributed by atoms with Crippen LogP contribution in [0.2, 0.25) is 0 Å². The number of hydrogen-bond acceptors (Lipinski definition) is 5. The maximum atomic E-state index is 13.2. The molecule has 3 heterocycles. The fourth-order valence-corrected chi connectivity index (χ4v) is 6.39. The van der Waals surface area contributed by atoms with Gasteiger partial charge in [0.25, 0.3) is 0 Å². The minimum atomic E-state index is -3.36. The predicted molar refractivity (Wildman–Crippen MR) is 97.5 cm³/mol. The quantitative estimate of drug-likeness (QED) is 0.765. The number of hydrogen-bond donors (Lipinski definition) is 3. The van der Waals surface area contributed by atoms with E-state index in [1.54, 1.807) is 4.31 Å². The first kappa shape index (κ1) is 17.0. The summed E-state index contributed by atoms with van der Waals surface area (Å²) in [6.45, 7) is 4.92. The van der Waals surface area contributed by atoms with Gasteiger partial charge in [-0.3, -0.25) is 10.9 Å². The summed E-state index contributed by atoms with van der Waals surface area (Å²) < 4.78 is 28.0. The molecule has 0 spiro atoms. The first-order valence-electron chi connectivity index (χ1n) is 8.91. The molecule has 0 amide bonds. The van der Waals surface area contributed by atoms with E-state index in [0.717, 1.165) is 29.7 Å². The molecule has 3 N–H and O–H groups in total. The second-order valence-corrected chi connectivity index (χ2v) is 9.30. The zero-order chi connectivity index (χ0) is 17.6. The summed E-state index contributed by atoms with van der Waals surface area (Å²) in [5, 5.41) is -0.443. The number of hydrazine groups is 1. The molecule has 2 aliphatic rings. The first-order valence-corrected chi connectivity index (χ1v) is 10.4. The van der Waals surface area contributed by atoms with Gasteiger partial charge in [0.1, 0.15) is 11.1 Å². The van der Waals surface area contributed by atoms with Crippen LogP contribution >= 0.6 is 0 Å². The second-order valence-electron chi connectivity index (χ2n) is 7.21. The SMILES string of the molecule is CC1NNC(C)C1S(=O)(=O)N1CCCC(c2nc3ccccc3[nH]2)C1. The van der Waals surface area contributed by atoms with Crippen LogP contribution in [0.15, 0.2) is 24.3 Å². The van der Waals surface area contributed by atoms with Crippen molar-refractivity contribution in [2.45, 2.75) is 49.9 Å². The summed E-state index contributed by atoms with van der Waals surface area (Å²) in [4.78, 5) is 8.05. The molecule has 0 radical (unpaired) electrons. The van der Waals surface area contributed by atoms with Gasteiger partial charge in [0.2, 0.25) is 10.0 Å². The lowest BCUT2D eigenvalue weighted by Gasteiger charge is -2.34. The first-order chi connectivity index (χ1) is 12.0. The number of aromatic nitrogens is 2. The Kier molecular flexibility index (Phi) is 4.31. The van der Waals surface area contributed by atoms with Gasteiger partial charge in [0, 0.05) is 31.1 Å². The molecule has 25 heavy (non-hydrogen) atoms. The van der Waals surface area contributed by atoms with E-state index in [2.05, 4.69) is 20.8 Å². The highest BCUT2D eigenvalue weighted by Gasteiger charge is 2.44. The molecule has 2 saturated heterocycles. The largest absolute Gasteiger partial charge is 0.342 e. The molecule has 3 unspecified atom stereocenters. The van der Waals surface area contributed by atoms with Crippen LogP contribution in [0.4, 0.5) is 0 Å². The van der Waals surface area contributed by atoms with Crippen molar-refractivity contribution < 1.29 is 8.42 Å². The van der Waals surface area contributed by atoms with Crippen molar-refractivity contribution in [2.75, 3.05) is 13.1 Å². The number of nitrogens with zero attached hydrogens (tertiary/aromatic N) is 2. The Morgan fingerprint density at radius 1 is 1.16 bits per heavy atom. The molecule has 1 aromatic carbocycles. The summed E-state index contributed by atoms with van der Waals surface area (Å²) in [6.07, 6.45) is 1.81. The van der Waals surface area contributed by atoms with Crippen molar-refractivity contribution in [3.05, 3.63) is 30.1 Å². The second kappa shape index (κ2) is 6.35. The van der Waals surface area contributed by atoms with Crippen molar-refractivity contribution in [3.8, 4) is 0 Å². The molecule has 0 aliphatic carbocycles. The van der Waals surface area contributed by atoms with Crippen LogP contribution < -0.4 is 10.9 Å². The minimum Gasteiger partial charge on any atom is -0.342 e. The number of fused-ring (bicyclic) bond motifs is 1. The van der Waals surface area contributed by atoms with Crippen molar-refractivity contribution in [2.24, 2.45) is 0 Å². The number of rotatable bonds is 3. The number of para-hydroxylation sites is 2. The van der Waals surface area contributed by atoms with E-state index in [1.807, 2.05) is 38.1 Å². The van der Waals surface area contributed by atoms with E-state index >= 15 is 0 Å². The predicted octanol–water partition coefficient (Wildman–Crippen LogP) is 1.33. The zero-order valence-corrected chi connectivity index (χ0v) is 15.4. The highest BCUT2D eigenvalue weighted by atomic mass is 32.2. The van der Waals surface area contributed by atoms with Crippen LogP contribution in [0.1, 0.15) is 38.4 Å². The number of aromatic amines is 1. The molecule has 2 aliphatic heterocycles. The highest BCUT2D eigenvalue weighted by Crippen LogP contribution is 2.30. The minimum absolute atomic E-state index is 0.105. The summed E-state index contributed by atoms with van der Waals surface area (Å²) in [7, 11) is -3.36. The molecule has 0 saturated carbocycles. The highest BCUT2D eigenvalue weighted by molar-refractivity contribution is 7.89. The topological polar surface area (TPSA) is 90.1 Å². The van der Waals surface area contributed by atoms with E-state index in [1.165, 1.54) is 0 Å². The van der Waals surface area contributed by atoms with Gasteiger partial charge in [-0.1, -0.05) is 12.1 Å².